The molecular weight excluding hydrogens is 252 g/mol. The summed E-state index contributed by atoms with van der Waals surface area (Å²) in [5.74, 6) is 2.22. The quantitative estimate of drug-likeness (QED) is 0.891. The fourth-order valence-electron chi connectivity index (χ4n) is 2.78. The molecule has 5 heteroatoms. The molecule has 1 saturated carbocycles. The van der Waals surface area contributed by atoms with Crippen molar-refractivity contribution in [3.63, 3.8) is 0 Å². The molecule has 0 atom stereocenters. The maximum Gasteiger partial charge on any atom is 0.252 e. The van der Waals surface area contributed by atoms with E-state index in [1.54, 1.807) is 6.07 Å². The van der Waals surface area contributed by atoms with Crippen molar-refractivity contribution in [1.82, 2.24) is 14.9 Å². The summed E-state index contributed by atoms with van der Waals surface area (Å²) in [6, 6.07) is 1.64. The third-order valence-corrected chi connectivity index (χ3v) is 4.26. The highest BCUT2D eigenvalue weighted by Crippen LogP contribution is 2.38. The molecule has 1 aliphatic heterocycles. The fraction of sp³-hybridized carbons (Fsp3) is 0.733. The Morgan fingerprint density at radius 2 is 1.85 bits per heavy atom. The number of aromatic nitrogens is 2. The van der Waals surface area contributed by atoms with Crippen molar-refractivity contribution >= 4 is 5.82 Å². The van der Waals surface area contributed by atoms with Crippen LogP contribution in [0.5, 0.6) is 0 Å². The van der Waals surface area contributed by atoms with E-state index in [0.29, 0.717) is 5.92 Å². The number of piperazine rings is 1. The van der Waals surface area contributed by atoms with Crippen LogP contribution < -0.4 is 10.5 Å². The molecule has 3 rings (SSSR count). The molecule has 0 unspecified atom stereocenters. The number of hydrogen-bond donors (Lipinski definition) is 1. The number of H-pyrrole nitrogens is 1. The van der Waals surface area contributed by atoms with Crippen LogP contribution in [0.1, 0.15) is 45.4 Å². The minimum Gasteiger partial charge on any atom is -0.354 e. The molecule has 2 fully saturated rings. The Hall–Kier alpha value is -1.36. The Labute approximate surface area is 120 Å². The first kappa shape index (κ1) is 13.6. The largest absolute Gasteiger partial charge is 0.354 e. The van der Waals surface area contributed by atoms with Crippen LogP contribution >= 0.6 is 0 Å². The van der Waals surface area contributed by atoms with Gasteiger partial charge in [0.25, 0.3) is 5.56 Å². The van der Waals surface area contributed by atoms with Crippen molar-refractivity contribution in [2.75, 3.05) is 31.1 Å². The maximum absolute atomic E-state index is 11.8. The highest BCUT2D eigenvalue weighted by molar-refractivity contribution is 5.38. The normalized spacial score (nSPS) is 21.2. The van der Waals surface area contributed by atoms with Crippen molar-refractivity contribution in [2.24, 2.45) is 0 Å². The summed E-state index contributed by atoms with van der Waals surface area (Å²) in [4.78, 5) is 24.0. The molecule has 110 valence electrons. The molecule has 0 bridgehead atoms. The van der Waals surface area contributed by atoms with E-state index >= 15 is 0 Å². The van der Waals surface area contributed by atoms with Crippen LogP contribution in [0, 0.1) is 0 Å². The molecule has 2 heterocycles. The molecule has 1 aromatic rings. The Morgan fingerprint density at radius 1 is 1.20 bits per heavy atom. The molecule has 5 nitrogen and oxygen atoms in total. The molecule has 0 spiro atoms. The topological polar surface area (TPSA) is 52.2 Å². The molecule has 20 heavy (non-hydrogen) atoms. The molecular formula is C15H24N4O. The summed E-state index contributed by atoms with van der Waals surface area (Å²) < 4.78 is 0. The van der Waals surface area contributed by atoms with Crippen LogP contribution in [0.4, 0.5) is 5.82 Å². The van der Waals surface area contributed by atoms with Crippen LogP contribution in [0.25, 0.3) is 0 Å². The average Bonchev–Trinajstić information content (AvgIpc) is 3.21. The molecule has 1 N–H and O–H groups in total. The molecule has 1 aromatic heterocycles. The summed E-state index contributed by atoms with van der Waals surface area (Å²) in [5, 5.41) is 0. The average molecular weight is 276 g/mol. The van der Waals surface area contributed by atoms with Gasteiger partial charge in [0.1, 0.15) is 11.6 Å². The zero-order chi connectivity index (χ0) is 14.3. The molecule has 1 aliphatic carbocycles. The first-order valence-electron chi connectivity index (χ1n) is 7.55. The standard InChI is InChI=1S/C15H24N4O/c1-15(2,3)19-8-6-18(7-9-19)12-10-13(20)17-14(16-12)11-4-5-11/h10-11H,4-9H2,1-3H3,(H,16,17,20). The summed E-state index contributed by atoms with van der Waals surface area (Å²) in [7, 11) is 0. The summed E-state index contributed by atoms with van der Waals surface area (Å²) in [6.07, 6.45) is 2.31. The molecule has 0 radical (unpaired) electrons. The van der Waals surface area contributed by atoms with Gasteiger partial charge in [-0.15, -0.1) is 0 Å². The van der Waals surface area contributed by atoms with Crippen LogP contribution in [0.3, 0.4) is 0 Å². The molecule has 0 aromatic carbocycles. The van der Waals surface area contributed by atoms with Crippen molar-refractivity contribution in [3.8, 4) is 0 Å². The maximum atomic E-state index is 11.8. The number of nitrogens with one attached hydrogen (secondary N) is 1. The predicted octanol–water partition coefficient (Wildman–Crippen LogP) is 1.57. The van der Waals surface area contributed by atoms with E-state index in [1.807, 2.05) is 0 Å². The highest BCUT2D eigenvalue weighted by Gasteiger charge is 2.29. The van der Waals surface area contributed by atoms with Crippen molar-refractivity contribution in [3.05, 3.63) is 22.2 Å². The third kappa shape index (κ3) is 2.87. The van der Waals surface area contributed by atoms with E-state index < -0.39 is 0 Å². The van der Waals surface area contributed by atoms with Gasteiger partial charge in [-0.3, -0.25) is 9.69 Å². The van der Waals surface area contributed by atoms with Gasteiger partial charge in [0.2, 0.25) is 0 Å². The molecule has 0 amide bonds. The number of aromatic amines is 1. The summed E-state index contributed by atoms with van der Waals surface area (Å²) in [5.41, 5.74) is 0.197. The van der Waals surface area contributed by atoms with E-state index in [0.717, 1.165) is 50.7 Å². The van der Waals surface area contributed by atoms with Gasteiger partial charge in [-0.05, 0) is 33.6 Å². The minimum absolute atomic E-state index is 0.0184. The fourth-order valence-corrected chi connectivity index (χ4v) is 2.78. The Balaban J connectivity index is 1.73. The SMILES string of the molecule is CC(C)(C)N1CCN(c2cc(=O)[nH]c(C3CC3)n2)CC1. The Kier molecular flexibility index (Phi) is 3.32. The van der Waals surface area contributed by atoms with Crippen LogP contribution in [0.2, 0.25) is 0 Å². The molecule has 1 saturated heterocycles. The Morgan fingerprint density at radius 3 is 2.40 bits per heavy atom. The number of anilines is 1. The van der Waals surface area contributed by atoms with Gasteiger partial charge >= 0.3 is 0 Å². The summed E-state index contributed by atoms with van der Waals surface area (Å²) in [6.45, 7) is 10.7. The van der Waals surface area contributed by atoms with Crippen LogP contribution in [0.15, 0.2) is 10.9 Å². The number of nitrogens with zero attached hydrogens (tertiary/aromatic N) is 3. The monoisotopic (exact) mass is 276 g/mol. The zero-order valence-electron chi connectivity index (χ0n) is 12.6. The lowest BCUT2D eigenvalue weighted by molar-refractivity contribution is 0.128. The minimum atomic E-state index is -0.0184. The third-order valence-electron chi connectivity index (χ3n) is 4.26. The second-order valence-corrected chi connectivity index (χ2v) is 6.91. The van der Waals surface area contributed by atoms with Gasteiger partial charge in [0, 0.05) is 43.7 Å². The van der Waals surface area contributed by atoms with Crippen molar-refractivity contribution in [2.45, 2.75) is 45.1 Å². The van der Waals surface area contributed by atoms with E-state index in [-0.39, 0.29) is 11.1 Å². The lowest BCUT2D eigenvalue weighted by Crippen LogP contribution is -2.53. The van der Waals surface area contributed by atoms with E-state index in [1.165, 1.54) is 0 Å². The zero-order valence-corrected chi connectivity index (χ0v) is 12.6. The van der Waals surface area contributed by atoms with Gasteiger partial charge in [0.15, 0.2) is 0 Å². The van der Waals surface area contributed by atoms with Gasteiger partial charge < -0.3 is 9.88 Å². The van der Waals surface area contributed by atoms with Crippen LogP contribution in [-0.2, 0) is 0 Å². The van der Waals surface area contributed by atoms with E-state index in [4.69, 9.17) is 0 Å². The second kappa shape index (κ2) is 4.88. The smallest absolute Gasteiger partial charge is 0.252 e. The molecule has 2 aliphatic rings. The van der Waals surface area contributed by atoms with Gasteiger partial charge in [-0.2, -0.15) is 0 Å². The van der Waals surface area contributed by atoms with Gasteiger partial charge in [-0.1, -0.05) is 0 Å². The number of hydrogen-bond acceptors (Lipinski definition) is 4. The lowest BCUT2D eigenvalue weighted by atomic mass is 10.1. The number of rotatable bonds is 2. The highest BCUT2D eigenvalue weighted by atomic mass is 16.1. The first-order chi connectivity index (χ1) is 9.43. The summed E-state index contributed by atoms with van der Waals surface area (Å²) >= 11 is 0. The van der Waals surface area contributed by atoms with Gasteiger partial charge in [-0.25, -0.2) is 4.98 Å². The van der Waals surface area contributed by atoms with E-state index in [2.05, 4.69) is 40.5 Å². The van der Waals surface area contributed by atoms with Gasteiger partial charge in [0.05, 0.1) is 0 Å². The predicted molar refractivity (Wildman–Crippen MR) is 80.4 cm³/mol. The van der Waals surface area contributed by atoms with E-state index in [9.17, 15) is 4.79 Å². The Bertz CT molecular complexity index is 534. The van der Waals surface area contributed by atoms with Crippen LogP contribution in [-0.4, -0.2) is 46.6 Å². The second-order valence-electron chi connectivity index (χ2n) is 6.91. The van der Waals surface area contributed by atoms with Crippen molar-refractivity contribution in [1.29, 1.82) is 0 Å². The van der Waals surface area contributed by atoms with Crippen molar-refractivity contribution < 1.29 is 0 Å². The first-order valence-corrected chi connectivity index (χ1v) is 7.55. The lowest BCUT2D eigenvalue weighted by Gasteiger charge is -2.42.